The molecule has 0 bridgehead atoms. The Morgan fingerprint density at radius 3 is 1.35 bits per heavy atom. The van der Waals surface area contributed by atoms with Crippen molar-refractivity contribution >= 4 is 45.2 Å². The summed E-state index contributed by atoms with van der Waals surface area (Å²) < 4.78 is 39.9. The fourth-order valence-corrected chi connectivity index (χ4v) is 6.45. The van der Waals surface area contributed by atoms with Crippen molar-refractivity contribution in [2.75, 3.05) is 10.6 Å². The maximum absolute atomic E-state index is 13.8. The van der Waals surface area contributed by atoms with Crippen LogP contribution in [0.1, 0.15) is 31.8 Å². The van der Waals surface area contributed by atoms with Gasteiger partial charge < -0.3 is 20.1 Å². The summed E-state index contributed by atoms with van der Waals surface area (Å²) in [5.74, 6) is 0.488. The Hall–Kier alpha value is -6.71. The smallest absolute Gasteiger partial charge is 0.255 e. The van der Waals surface area contributed by atoms with Crippen LogP contribution >= 0.6 is 0 Å². The van der Waals surface area contributed by atoms with Gasteiger partial charge in [0.15, 0.2) is 11.5 Å². The minimum atomic E-state index is -4.03. The maximum atomic E-state index is 13.8. The average molecular weight is 693 g/mol. The second kappa shape index (κ2) is 15.2. The molecule has 6 aromatic carbocycles. The van der Waals surface area contributed by atoms with Gasteiger partial charge >= 0.3 is 0 Å². The molecule has 0 spiro atoms. The van der Waals surface area contributed by atoms with E-state index in [1.54, 1.807) is 121 Å². The van der Waals surface area contributed by atoms with Crippen LogP contribution in [0.3, 0.4) is 0 Å². The number of amides is 2. The Bertz CT molecular complexity index is 2230. The molecule has 0 saturated carbocycles. The van der Waals surface area contributed by atoms with Crippen LogP contribution in [0.4, 0.5) is 11.4 Å². The number of nitrogens with one attached hydrogen (secondary N) is 2. The summed E-state index contributed by atoms with van der Waals surface area (Å²) >= 11 is 0. The van der Waals surface area contributed by atoms with Crippen molar-refractivity contribution in [3.05, 3.63) is 181 Å². The zero-order valence-electron chi connectivity index (χ0n) is 27.3. The molecule has 0 aliphatic carbocycles. The van der Waals surface area contributed by atoms with Crippen molar-refractivity contribution in [1.29, 1.82) is 0 Å². The summed E-state index contributed by atoms with van der Waals surface area (Å²) in [6.45, 7) is 7.50. The topological polar surface area (TPSA) is 111 Å². The average Bonchev–Trinajstić information content (AvgIpc) is 3.16. The van der Waals surface area contributed by atoms with Gasteiger partial charge in [-0.25, -0.2) is 8.42 Å². The number of hydrogen-bond donors (Lipinski definition) is 2. The Kier molecular flexibility index (Phi) is 10.2. The third kappa shape index (κ3) is 8.13. The lowest BCUT2D eigenvalue weighted by atomic mass is 10.1. The number of para-hydroxylation sites is 4. The highest BCUT2D eigenvalue weighted by atomic mass is 32.2. The van der Waals surface area contributed by atoms with E-state index in [0.29, 0.717) is 34.0 Å². The van der Waals surface area contributed by atoms with E-state index in [4.69, 9.17) is 9.47 Å². The molecule has 2 amide bonds. The summed E-state index contributed by atoms with van der Waals surface area (Å²) in [4.78, 5) is 26.0. The molecule has 252 valence electrons. The van der Waals surface area contributed by atoms with Crippen LogP contribution < -0.4 is 20.1 Å². The standard InChI is InChI=1S/C42H32N2O6S/c1-3-29-13-9-15-31(25-29)41(45)43-37-21-5-7-23-39(37)49-33-17-11-19-35(27-33)51(47,48)36-20-12-18-34(28-36)50-40-24-8-6-22-38(40)44-42(46)32-16-10-14-30(4-2)26-32/h3-28H,1-2H2,(H,43,45)(H,44,46). The SMILES string of the molecule is C=Cc1cccc(C(=O)Nc2ccccc2Oc2cccc(S(=O)(=O)c3cccc(Oc4ccccc4NC(=O)c4cccc(C=C)c4)c3)c2)c1. The van der Waals surface area contributed by atoms with Gasteiger partial charge in [0.25, 0.3) is 11.8 Å². The monoisotopic (exact) mass is 692 g/mol. The zero-order chi connectivity index (χ0) is 35.8. The Labute approximate surface area is 296 Å². The van der Waals surface area contributed by atoms with Crippen LogP contribution in [0.5, 0.6) is 23.0 Å². The normalized spacial score (nSPS) is 10.8. The highest BCUT2D eigenvalue weighted by molar-refractivity contribution is 7.91. The zero-order valence-corrected chi connectivity index (χ0v) is 28.1. The third-order valence-corrected chi connectivity index (χ3v) is 9.48. The number of rotatable bonds is 12. The molecular formula is C42H32N2O6S. The first-order valence-electron chi connectivity index (χ1n) is 15.8. The van der Waals surface area contributed by atoms with Crippen LogP contribution in [0.25, 0.3) is 12.2 Å². The fourth-order valence-electron chi connectivity index (χ4n) is 5.12. The largest absolute Gasteiger partial charge is 0.455 e. The molecule has 8 nitrogen and oxygen atoms in total. The molecule has 0 aliphatic heterocycles. The second-order valence-corrected chi connectivity index (χ2v) is 13.2. The van der Waals surface area contributed by atoms with Crippen LogP contribution in [0.2, 0.25) is 0 Å². The lowest BCUT2D eigenvalue weighted by Gasteiger charge is -2.14. The van der Waals surface area contributed by atoms with E-state index in [2.05, 4.69) is 23.8 Å². The van der Waals surface area contributed by atoms with Gasteiger partial charge in [0.2, 0.25) is 9.84 Å². The van der Waals surface area contributed by atoms with Gasteiger partial charge in [-0.05, 0) is 96.1 Å². The fraction of sp³-hybridized carbons (Fsp3) is 0. The van der Waals surface area contributed by atoms with Crippen molar-refractivity contribution in [2.24, 2.45) is 0 Å². The molecule has 0 atom stereocenters. The first kappa shape index (κ1) is 34.2. The van der Waals surface area contributed by atoms with Crippen molar-refractivity contribution in [2.45, 2.75) is 9.79 Å². The van der Waals surface area contributed by atoms with Crippen molar-refractivity contribution < 1.29 is 27.5 Å². The van der Waals surface area contributed by atoms with Gasteiger partial charge in [-0.15, -0.1) is 0 Å². The van der Waals surface area contributed by atoms with Crippen LogP contribution in [0, 0.1) is 0 Å². The summed E-state index contributed by atoms with van der Waals surface area (Å²) in [5, 5.41) is 5.73. The number of carbonyl (C=O) groups excluding carboxylic acids is 2. The van der Waals surface area contributed by atoms with Crippen LogP contribution in [-0.4, -0.2) is 20.2 Å². The molecule has 6 aromatic rings. The predicted octanol–water partition coefficient (Wildman–Crippen LogP) is 9.89. The number of carbonyl (C=O) groups is 2. The molecular weight excluding hydrogens is 661 g/mol. The molecule has 0 heterocycles. The predicted molar refractivity (Wildman–Crippen MR) is 200 cm³/mol. The van der Waals surface area contributed by atoms with E-state index in [0.717, 1.165) is 11.1 Å². The summed E-state index contributed by atoms with van der Waals surface area (Å²) in [6.07, 6.45) is 3.32. The Balaban J connectivity index is 1.20. The minimum Gasteiger partial charge on any atom is -0.455 e. The Morgan fingerprint density at radius 1 is 0.510 bits per heavy atom. The van der Waals surface area contributed by atoms with Crippen LogP contribution in [-0.2, 0) is 9.84 Å². The number of ether oxygens (including phenoxy) is 2. The first-order valence-corrected chi connectivity index (χ1v) is 17.3. The quantitative estimate of drug-likeness (QED) is 0.132. The summed E-state index contributed by atoms with van der Waals surface area (Å²) in [5.41, 5.74) is 3.33. The second-order valence-electron chi connectivity index (χ2n) is 11.2. The molecule has 2 N–H and O–H groups in total. The lowest BCUT2D eigenvalue weighted by Crippen LogP contribution is -2.12. The third-order valence-electron chi connectivity index (χ3n) is 7.73. The highest BCUT2D eigenvalue weighted by Gasteiger charge is 2.20. The van der Waals surface area contributed by atoms with Gasteiger partial charge in [0, 0.05) is 11.1 Å². The number of anilines is 2. The van der Waals surface area contributed by atoms with Gasteiger partial charge in [-0.3, -0.25) is 9.59 Å². The van der Waals surface area contributed by atoms with E-state index < -0.39 is 9.84 Å². The van der Waals surface area contributed by atoms with Gasteiger partial charge in [0.1, 0.15) is 11.5 Å². The summed E-state index contributed by atoms with van der Waals surface area (Å²) in [6, 6.07) is 40.0. The number of hydrogen-bond acceptors (Lipinski definition) is 6. The molecule has 0 fully saturated rings. The molecule has 51 heavy (non-hydrogen) atoms. The Morgan fingerprint density at radius 2 is 0.922 bits per heavy atom. The van der Waals surface area contributed by atoms with E-state index >= 15 is 0 Å². The molecule has 0 saturated heterocycles. The van der Waals surface area contributed by atoms with E-state index in [9.17, 15) is 18.0 Å². The van der Waals surface area contributed by atoms with Gasteiger partial charge in [-0.2, -0.15) is 0 Å². The van der Waals surface area contributed by atoms with Crippen molar-refractivity contribution in [1.82, 2.24) is 0 Å². The first-order chi connectivity index (χ1) is 24.7. The van der Waals surface area contributed by atoms with E-state index in [-0.39, 0.29) is 33.1 Å². The van der Waals surface area contributed by atoms with Crippen molar-refractivity contribution in [3.63, 3.8) is 0 Å². The van der Waals surface area contributed by atoms with E-state index in [1.807, 2.05) is 12.1 Å². The minimum absolute atomic E-state index is 0.00525. The van der Waals surface area contributed by atoms with Crippen molar-refractivity contribution in [3.8, 4) is 23.0 Å². The number of sulfone groups is 1. The highest BCUT2D eigenvalue weighted by Crippen LogP contribution is 2.34. The van der Waals surface area contributed by atoms with Gasteiger partial charge in [0.05, 0.1) is 21.2 Å². The molecule has 0 aromatic heterocycles. The molecule has 0 aliphatic rings. The molecule has 9 heteroatoms. The maximum Gasteiger partial charge on any atom is 0.255 e. The molecule has 0 unspecified atom stereocenters. The van der Waals surface area contributed by atoms with E-state index in [1.165, 1.54) is 24.3 Å². The number of benzene rings is 6. The summed E-state index contributed by atoms with van der Waals surface area (Å²) in [7, 11) is -4.03. The molecule has 6 rings (SSSR count). The van der Waals surface area contributed by atoms with Crippen LogP contribution in [0.15, 0.2) is 169 Å². The van der Waals surface area contributed by atoms with Gasteiger partial charge in [-0.1, -0.05) is 86.0 Å². The lowest BCUT2D eigenvalue weighted by molar-refractivity contribution is 0.101. The molecule has 0 radical (unpaired) electrons.